The minimum atomic E-state index is -1.37. The van der Waals surface area contributed by atoms with Gasteiger partial charge >= 0.3 is 5.97 Å². The quantitative estimate of drug-likeness (QED) is 0.281. The van der Waals surface area contributed by atoms with Crippen molar-refractivity contribution in [2.45, 2.75) is 50.4 Å². The summed E-state index contributed by atoms with van der Waals surface area (Å²) in [5.74, 6) is -3.05. The van der Waals surface area contributed by atoms with E-state index in [1.165, 1.54) is 11.8 Å². The second-order valence-electron chi connectivity index (χ2n) is 8.19. The van der Waals surface area contributed by atoms with E-state index in [1.54, 1.807) is 6.20 Å². The number of hydrogen-bond acceptors (Lipinski definition) is 6. The SMILES string of the molecule is CC(N)C(=O)N1CCCC1C(=O)NC(CO)C(=O)NC(Cc1c[nH]c2ccccc12)C(=O)O. The normalized spacial score (nSPS) is 18.5. The molecule has 3 amide bonds. The summed E-state index contributed by atoms with van der Waals surface area (Å²) in [7, 11) is 0. The number of nitrogens with two attached hydrogens (primary N) is 1. The number of rotatable bonds is 9. The van der Waals surface area contributed by atoms with Gasteiger partial charge in [-0.25, -0.2) is 4.79 Å². The number of aliphatic hydroxyl groups excluding tert-OH is 1. The summed E-state index contributed by atoms with van der Waals surface area (Å²) in [6.45, 7) is 1.17. The zero-order valence-electron chi connectivity index (χ0n) is 18.3. The van der Waals surface area contributed by atoms with Gasteiger partial charge in [-0.1, -0.05) is 18.2 Å². The van der Waals surface area contributed by atoms with E-state index >= 15 is 0 Å². The maximum absolute atomic E-state index is 12.7. The van der Waals surface area contributed by atoms with Gasteiger partial charge in [0, 0.05) is 30.1 Å². The van der Waals surface area contributed by atoms with Gasteiger partial charge in [-0.3, -0.25) is 14.4 Å². The predicted octanol–water partition coefficient (Wildman–Crippen LogP) is -0.905. The molecule has 2 heterocycles. The first-order valence-corrected chi connectivity index (χ1v) is 10.8. The Morgan fingerprint density at radius 2 is 1.94 bits per heavy atom. The van der Waals surface area contributed by atoms with Crippen LogP contribution in [0, 0.1) is 0 Å². The third-order valence-corrected chi connectivity index (χ3v) is 5.76. The third-order valence-electron chi connectivity index (χ3n) is 5.76. The lowest BCUT2D eigenvalue weighted by Gasteiger charge is -2.27. The number of hydrogen-bond donors (Lipinski definition) is 6. The summed E-state index contributed by atoms with van der Waals surface area (Å²) in [5.41, 5.74) is 7.19. The van der Waals surface area contributed by atoms with Crippen LogP contribution in [-0.4, -0.2) is 81.1 Å². The van der Waals surface area contributed by atoms with Gasteiger partial charge in [0.15, 0.2) is 0 Å². The zero-order chi connectivity index (χ0) is 24.1. The van der Waals surface area contributed by atoms with Crippen molar-refractivity contribution in [2.24, 2.45) is 5.73 Å². The highest BCUT2D eigenvalue weighted by Gasteiger charge is 2.37. The van der Waals surface area contributed by atoms with E-state index in [9.17, 15) is 29.4 Å². The number of aromatic amines is 1. The van der Waals surface area contributed by atoms with E-state index in [0.717, 1.165) is 10.9 Å². The van der Waals surface area contributed by atoms with Crippen molar-refractivity contribution in [3.05, 3.63) is 36.0 Å². The second kappa shape index (κ2) is 10.5. The van der Waals surface area contributed by atoms with E-state index in [1.807, 2.05) is 24.3 Å². The van der Waals surface area contributed by atoms with Gasteiger partial charge in [0.1, 0.15) is 18.1 Å². The van der Waals surface area contributed by atoms with Crippen molar-refractivity contribution in [1.29, 1.82) is 0 Å². The van der Waals surface area contributed by atoms with Crippen molar-refractivity contribution in [3.63, 3.8) is 0 Å². The highest BCUT2D eigenvalue weighted by atomic mass is 16.4. The molecule has 1 aliphatic heterocycles. The maximum Gasteiger partial charge on any atom is 0.326 e. The van der Waals surface area contributed by atoms with Gasteiger partial charge in [0.05, 0.1) is 12.6 Å². The molecule has 0 radical (unpaired) electrons. The molecular weight excluding hydrogens is 430 g/mol. The highest BCUT2D eigenvalue weighted by molar-refractivity contribution is 5.94. The Morgan fingerprint density at radius 1 is 1.21 bits per heavy atom. The lowest BCUT2D eigenvalue weighted by Crippen LogP contribution is -2.57. The Hall–Kier alpha value is -3.44. The average molecular weight is 460 g/mol. The minimum Gasteiger partial charge on any atom is -0.480 e. The molecule has 11 heteroatoms. The van der Waals surface area contributed by atoms with Gasteiger partial charge in [-0.15, -0.1) is 0 Å². The molecule has 2 aromatic rings. The molecule has 1 saturated heterocycles. The Kier molecular flexibility index (Phi) is 7.67. The molecule has 4 atom stereocenters. The fourth-order valence-corrected chi connectivity index (χ4v) is 4.02. The number of carbonyl (C=O) groups excluding carboxylic acids is 3. The van der Waals surface area contributed by atoms with Crippen LogP contribution in [0.1, 0.15) is 25.3 Å². The summed E-state index contributed by atoms with van der Waals surface area (Å²) in [6, 6.07) is 3.17. The van der Waals surface area contributed by atoms with E-state index in [-0.39, 0.29) is 12.3 Å². The minimum absolute atomic E-state index is 0.0104. The van der Waals surface area contributed by atoms with E-state index in [0.29, 0.717) is 24.9 Å². The Bertz CT molecular complexity index is 1040. The number of amides is 3. The summed E-state index contributed by atoms with van der Waals surface area (Å²) in [4.78, 5) is 53.9. The second-order valence-corrected chi connectivity index (χ2v) is 8.19. The highest BCUT2D eigenvalue weighted by Crippen LogP contribution is 2.20. The lowest BCUT2D eigenvalue weighted by molar-refractivity contribution is -0.143. The van der Waals surface area contributed by atoms with E-state index < -0.39 is 48.6 Å². The van der Waals surface area contributed by atoms with Crippen LogP contribution in [-0.2, 0) is 25.6 Å². The largest absolute Gasteiger partial charge is 0.480 e. The number of H-pyrrole nitrogens is 1. The summed E-state index contributed by atoms with van der Waals surface area (Å²) < 4.78 is 0. The van der Waals surface area contributed by atoms with Crippen LogP contribution < -0.4 is 16.4 Å². The fraction of sp³-hybridized carbons (Fsp3) is 0.455. The van der Waals surface area contributed by atoms with Crippen LogP contribution in [0.5, 0.6) is 0 Å². The molecule has 178 valence electrons. The number of carbonyl (C=O) groups is 4. The molecule has 1 aromatic heterocycles. The maximum atomic E-state index is 12.7. The molecule has 11 nitrogen and oxygen atoms in total. The Morgan fingerprint density at radius 3 is 2.61 bits per heavy atom. The standard InChI is InChI=1S/C22H29N5O6/c1-12(23)21(31)27-8-4-7-18(27)20(30)26-17(11-28)19(29)25-16(22(32)33)9-13-10-24-15-6-3-2-5-14(13)15/h2-3,5-6,10,12,16-18,24,28H,4,7-9,11,23H2,1H3,(H,25,29)(H,26,30)(H,32,33). The first-order valence-electron chi connectivity index (χ1n) is 10.8. The topological polar surface area (TPSA) is 178 Å². The van der Waals surface area contributed by atoms with Crippen LogP contribution in [0.3, 0.4) is 0 Å². The molecular formula is C22H29N5O6. The lowest BCUT2D eigenvalue weighted by atomic mass is 10.0. The zero-order valence-corrected chi connectivity index (χ0v) is 18.3. The van der Waals surface area contributed by atoms with Gasteiger partial charge < -0.3 is 36.5 Å². The molecule has 4 unspecified atom stereocenters. The first kappa shape index (κ1) is 24.2. The number of nitrogens with zero attached hydrogens (tertiary/aromatic N) is 1. The number of nitrogens with one attached hydrogen (secondary N) is 3. The molecule has 7 N–H and O–H groups in total. The van der Waals surface area contributed by atoms with E-state index in [2.05, 4.69) is 15.6 Å². The van der Waals surface area contributed by atoms with Gasteiger partial charge in [-0.2, -0.15) is 0 Å². The number of fused-ring (bicyclic) bond motifs is 1. The van der Waals surface area contributed by atoms with Crippen molar-refractivity contribution in [2.75, 3.05) is 13.2 Å². The molecule has 0 spiro atoms. The number of aliphatic carboxylic acids is 1. The van der Waals surface area contributed by atoms with Crippen LogP contribution in [0.25, 0.3) is 10.9 Å². The molecule has 0 bridgehead atoms. The van der Waals surface area contributed by atoms with Crippen molar-refractivity contribution in [3.8, 4) is 0 Å². The number of likely N-dealkylation sites (tertiary alicyclic amines) is 1. The van der Waals surface area contributed by atoms with Crippen molar-refractivity contribution in [1.82, 2.24) is 20.5 Å². The van der Waals surface area contributed by atoms with Gasteiger partial charge in [0.2, 0.25) is 17.7 Å². The monoisotopic (exact) mass is 459 g/mol. The molecule has 33 heavy (non-hydrogen) atoms. The van der Waals surface area contributed by atoms with Crippen molar-refractivity contribution < 1.29 is 29.4 Å². The van der Waals surface area contributed by atoms with Crippen LogP contribution in [0.2, 0.25) is 0 Å². The number of aromatic nitrogens is 1. The predicted molar refractivity (Wildman–Crippen MR) is 119 cm³/mol. The molecule has 0 saturated carbocycles. The number of carboxylic acid groups (broad SMARTS) is 1. The van der Waals surface area contributed by atoms with E-state index in [4.69, 9.17) is 5.73 Å². The number of carboxylic acids is 1. The summed E-state index contributed by atoms with van der Waals surface area (Å²) in [6.07, 6.45) is 2.71. The van der Waals surface area contributed by atoms with Gasteiger partial charge in [0.25, 0.3) is 0 Å². The third kappa shape index (κ3) is 5.49. The first-order chi connectivity index (χ1) is 15.7. The van der Waals surface area contributed by atoms with Gasteiger partial charge in [-0.05, 0) is 31.4 Å². The van der Waals surface area contributed by atoms with Crippen LogP contribution in [0.4, 0.5) is 0 Å². The summed E-state index contributed by atoms with van der Waals surface area (Å²) >= 11 is 0. The molecule has 3 rings (SSSR count). The number of para-hydroxylation sites is 1. The Balaban J connectivity index is 1.66. The van der Waals surface area contributed by atoms with Crippen LogP contribution in [0.15, 0.2) is 30.5 Å². The van der Waals surface area contributed by atoms with Crippen LogP contribution >= 0.6 is 0 Å². The fourth-order valence-electron chi connectivity index (χ4n) is 4.02. The smallest absolute Gasteiger partial charge is 0.326 e. The summed E-state index contributed by atoms with van der Waals surface area (Å²) in [5, 5.41) is 25.0. The molecule has 1 fully saturated rings. The molecule has 0 aliphatic carbocycles. The molecule has 1 aromatic carbocycles. The average Bonchev–Trinajstić information content (AvgIpc) is 3.43. The van der Waals surface area contributed by atoms with Crippen molar-refractivity contribution >= 4 is 34.6 Å². The number of benzene rings is 1. The Labute approximate surface area is 190 Å². The molecule has 1 aliphatic rings. The number of aliphatic hydroxyl groups is 1.